The molecule has 0 radical (unpaired) electrons. The zero-order chi connectivity index (χ0) is 19.7. The zero-order valence-electron chi connectivity index (χ0n) is 15.4. The first-order valence-corrected chi connectivity index (χ1v) is 8.68. The molecule has 4 rings (SSSR count). The van der Waals surface area contributed by atoms with Crippen LogP contribution in [0.1, 0.15) is 20.7 Å². The van der Waals surface area contributed by atoms with Crippen LogP contribution in [0.15, 0.2) is 60.7 Å². The molecule has 0 aliphatic heterocycles. The number of rotatable bonds is 4. The molecule has 0 N–H and O–H groups in total. The molecule has 6 heteroatoms. The molecule has 0 fully saturated rings. The van der Waals surface area contributed by atoms with Crippen molar-refractivity contribution >= 4 is 23.3 Å². The lowest BCUT2D eigenvalue weighted by atomic mass is 9.98. The van der Waals surface area contributed by atoms with Crippen LogP contribution in [0.3, 0.4) is 0 Å². The fourth-order valence-corrected chi connectivity index (χ4v) is 3.21. The van der Waals surface area contributed by atoms with Crippen LogP contribution in [0.25, 0.3) is 33.3 Å². The van der Waals surface area contributed by atoms with Crippen molar-refractivity contribution in [1.82, 2.24) is 15.0 Å². The molecule has 0 bridgehead atoms. The number of benzene rings is 3. The lowest BCUT2D eigenvalue weighted by Crippen LogP contribution is -2.03. The molecule has 0 unspecified atom stereocenters. The average Bonchev–Trinajstić information content (AvgIpc) is 3.13. The standard InChI is InChI=1S/C22H17N3O3/c1-25-20-12-18(11-19(22(27)28-2)21(20)23-24-25)16-8-6-15(7-9-16)17-5-3-4-14(10-17)13-26/h3-13H,1-2H3. The first-order valence-electron chi connectivity index (χ1n) is 8.68. The topological polar surface area (TPSA) is 74.1 Å². The molecule has 1 heterocycles. The summed E-state index contributed by atoms with van der Waals surface area (Å²) in [4.78, 5) is 23.2. The van der Waals surface area contributed by atoms with Crippen molar-refractivity contribution in [2.45, 2.75) is 0 Å². The van der Waals surface area contributed by atoms with E-state index < -0.39 is 5.97 Å². The zero-order valence-corrected chi connectivity index (χ0v) is 15.4. The number of nitrogens with zero attached hydrogens (tertiary/aromatic N) is 3. The number of aryl methyl sites for hydroxylation is 1. The summed E-state index contributed by atoms with van der Waals surface area (Å²) in [5, 5.41) is 8.08. The Bertz CT molecular complexity index is 1190. The highest BCUT2D eigenvalue weighted by Gasteiger charge is 2.17. The number of carbonyl (C=O) groups excluding carboxylic acids is 2. The van der Waals surface area contributed by atoms with Gasteiger partial charge in [-0.25, -0.2) is 9.48 Å². The van der Waals surface area contributed by atoms with Crippen molar-refractivity contribution < 1.29 is 14.3 Å². The van der Waals surface area contributed by atoms with E-state index in [1.165, 1.54) is 7.11 Å². The fourth-order valence-electron chi connectivity index (χ4n) is 3.21. The maximum atomic E-state index is 12.2. The smallest absolute Gasteiger partial charge is 0.340 e. The second-order valence-corrected chi connectivity index (χ2v) is 6.42. The Hall–Kier alpha value is -3.80. The van der Waals surface area contributed by atoms with Crippen molar-refractivity contribution in [3.05, 3.63) is 71.8 Å². The first-order chi connectivity index (χ1) is 13.6. The van der Waals surface area contributed by atoms with Crippen molar-refractivity contribution in [3.63, 3.8) is 0 Å². The van der Waals surface area contributed by atoms with Gasteiger partial charge in [-0.2, -0.15) is 0 Å². The summed E-state index contributed by atoms with van der Waals surface area (Å²) < 4.78 is 6.53. The Kier molecular flexibility index (Phi) is 4.45. The summed E-state index contributed by atoms with van der Waals surface area (Å²) in [5.41, 5.74) is 6.07. The van der Waals surface area contributed by atoms with E-state index in [4.69, 9.17) is 4.74 Å². The quantitative estimate of drug-likeness (QED) is 0.402. The predicted molar refractivity (Wildman–Crippen MR) is 106 cm³/mol. The van der Waals surface area contributed by atoms with Gasteiger partial charge in [-0.05, 0) is 40.5 Å². The SMILES string of the molecule is COC(=O)c1cc(-c2ccc(-c3cccc(C=O)c3)cc2)cc2c1nnn2C. The third kappa shape index (κ3) is 3.05. The van der Waals surface area contributed by atoms with Gasteiger partial charge in [-0.3, -0.25) is 4.79 Å². The number of esters is 1. The molecule has 0 saturated heterocycles. The molecule has 0 amide bonds. The Morgan fingerprint density at radius 1 is 0.964 bits per heavy atom. The maximum Gasteiger partial charge on any atom is 0.340 e. The van der Waals surface area contributed by atoms with E-state index >= 15 is 0 Å². The molecule has 3 aromatic carbocycles. The maximum absolute atomic E-state index is 12.2. The highest BCUT2D eigenvalue weighted by molar-refractivity contribution is 6.03. The van der Waals surface area contributed by atoms with Crippen molar-refractivity contribution in [3.8, 4) is 22.3 Å². The second kappa shape index (κ2) is 7.08. The van der Waals surface area contributed by atoms with Crippen molar-refractivity contribution in [1.29, 1.82) is 0 Å². The molecule has 0 aliphatic carbocycles. The summed E-state index contributed by atoms with van der Waals surface area (Å²) >= 11 is 0. The highest BCUT2D eigenvalue weighted by Crippen LogP contribution is 2.29. The average molecular weight is 371 g/mol. The van der Waals surface area contributed by atoms with E-state index in [0.717, 1.165) is 34.1 Å². The lowest BCUT2D eigenvalue weighted by molar-refractivity contribution is 0.0602. The molecular weight excluding hydrogens is 354 g/mol. The molecule has 138 valence electrons. The van der Waals surface area contributed by atoms with Gasteiger partial charge in [0.25, 0.3) is 0 Å². The van der Waals surface area contributed by atoms with Crippen LogP contribution in [0.2, 0.25) is 0 Å². The second-order valence-electron chi connectivity index (χ2n) is 6.42. The molecule has 0 aliphatic rings. The van der Waals surface area contributed by atoms with Crippen molar-refractivity contribution in [2.75, 3.05) is 7.11 Å². The summed E-state index contributed by atoms with van der Waals surface area (Å²) in [6.45, 7) is 0. The molecule has 28 heavy (non-hydrogen) atoms. The number of carbonyl (C=O) groups is 2. The Labute approximate surface area is 161 Å². The number of ether oxygens (including phenoxy) is 1. The summed E-state index contributed by atoms with van der Waals surface area (Å²) in [7, 11) is 3.13. The van der Waals surface area contributed by atoms with Crippen LogP contribution in [-0.4, -0.2) is 34.4 Å². The molecule has 4 aromatic rings. The molecular formula is C22H17N3O3. The van der Waals surface area contributed by atoms with E-state index in [-0.39, 0.29) is 0 Å². The number of methoxy groups -OCH3 is 1. The van der Waals surface area contributed by atoms with Crippen LogP contribution >= 0.6 is 0 Å². The monoisotopic (exact) mass is 371 g/mol. The van der Waals surface area contributed by atoms with E-state index in [2.05, 4.69) is 10.3 Å². The molecule has 1 aromatic heterocycles. The van der Waals surface area contributed by atoms with Gasteiger partial charge in [-0.15, -0.1) is 5.10 Å². The van der Waals surface area contributed by atoms with Crippen LogP contribution < -0.4 is 0 Å². The minimum atomic E-state index is -0.449. The van der Waals surface area contributed by atoms with E-state index in [1.807, 2.05) is 48.5 Å². The third-order valence-electron chi connectivity index (χ3n) is 4.70. The van der Waals surface area contributed by atoms with Gasteiger partial charge < -0.3 is 4.74 Å². The lowest BCUT2D eigenvalue weighted by Gasteiger charge is -2.08. The minimum Gasteiger partial charge on any atom is -0.465 e. The van der Waals surface area contributed by atoms with E-state index in [1.54, 1.807) is 23.9 Å². The Balaban J connectivity index is 1.78. The van der Waals surface area contributed by atoms with Crippen LogP contribution in [0, 0.1) is 0 Å². The van der Waals surface area contributed by atoms with Crippen LogP contribution in [0.4, 0.5) is 0 Å². The van der Waals surface area contributed by atoms with Crippen LogP contribution in [0.5, 0.6) is 0 Å². The number of hydrogen-bond donors (Lipinski definition) is 0. The summed E-state index contributed by atoms with van der Waals surface area (Å²) in [6.07, 6.45) is 0.837. The normalized spacial score (nSPS) is 10.8. The number of aromatic nitrogens is 3. The van der Waals surface area contributed by atoms with E-state index in [9.17, 15) is 9.59 Å². The van der Waals surface area contributed by atoms with Gasteiger partial charge in [0.15, 0.2) is 0 Å². The third-order valence-corrected chi connectivity index (χ3v) is 4.70. The van der Waals surface area contributed by atoms with Gasteiger partial charge in [0, 0.05) is 12.6 Å². The largest absolute Gasteiger partial charge is 0.465 e. The predicted octanol–water partition coefficient (Wildman–Crippen LogP) is 3.90. The van der Waals surface area contributed by atoms with Gasteiger partial charge in [0.1, 0.15) is 11.8 Å². The molecule has 6 nitrogen and oxygen atoms in total. The van der Waals surface area contributed by atoms with Gasteiger partial charge in [0.05, 0.1) is 18.2 Å². The Morgan fingerprint density at radius 3 is 2.36 bits per heavy atom. The molecule has 0 spiro atoms. The highest BCUT2D eigenvalue weighted by atomic mass is 16.5. The molecule has 0 saturated carbocycles. The summed E-state index contributed by atoms with van der Waals surface area (Å²) in [5.74, 6) is -0.449. The molecule has 0 atom stereocenters. The fraction of sp³-hybridized carbons (Fsp3) is 0.0909. The van der Waals surface area contributed by atoms with Crippen molar-refractivity contribution in [2.24, 2.45) is 7.05 Å². The van der Waals surface area contributed by atoms with E-state index in [0.29, 0.717) is 16.6 Å². The minimum absolute atomic E-state index is 0.380. The van der Waals surface area contributed by atoms with Gasteiger partial charge in [-0.1, -0.05) is 47.7 Å². The number of hydrogen-bond acceptors (Lipinski definition) is 5. The van der Waals surface area contributed by atoms with Gasteiger partial charge in [0.2, 0.25) is 0 Å². The first kappa shape index (κ1) is 17.6. The Morgan fingerprint density at radius 2 is 1.68 bits per heavy atom. The summed E-state index contributed by atoms with van der Waals surface area (Å²) in [6, 6.07) is 19.1. The van der Waals surface area contributed by atoms with Gasteiger partial charge >= 0.3 is 5.97 Å². The number of fused-ring (bicyclic) bond motifs is 1. The number of aldehydes is 1. The van der Waals surface area contributed by atoms with Crippen LogP contribution in [-0.2, 0) is 11.8 Å².